The minimum absolute atomic E-state index is 0.354. The van der Waals surface area contributed by atoms with Crippen molar-refractivity contribution in [3.05, 3.63) is 40.6 Å². The van der Waals surface area contributed by atoms with E-state index in [0.29, 0.717) is 5.69 Å². The summed E-state index contributed by atoms with van der Waals surface area (Å²) in [5.74, 6) is 0. The Labute approximate surface area is 70.5 Å². The van der Waals surface area contributed by atoms with Gasteiger partial charge in [-0.25, -0.2) is 4.79 Å². The van der Waals surface area contributed by atoms with Gasteiger partial charge in [0.15, 0.2) is 0 Å². The predicted molar refractivity (Wildman–Crippen MR) is 49.8 cm³/mol. The molecule has 0 fully saturated rings. The standard InChI is InChI=1S/C9H10N2O/c1-4-7-6(3)10-9(12)11-8(7)5-2/h4-5H,1-2H2,3H3,(H,10,11,12). The van der Waals surface area contributed by atoms with Crippen LogP contribution in [-0.2, 0) is 0 Å². The van der Waals surface area contributed by atoms with Crippen molar-refractivity contribution in [1.29, 1.82) is 0 Å². The largest absolute Gasteiger partial charge is 0.345 e. The van der Waals surface area contributed by atoms with Crippen LogP contribution >= 0.6 is 0 Å². The van der Waals surface area contributed by atoms with Crippen molar-refractivity contribution in [2.45, 2.75) is 6.92 Å². The Kier molecular flexibility index (Phi) is 2.24. The molecule has 1 aromatic heterocycles. The van der Waals surface area contributed by atoms with Crippen molar-refractivity contribution in [1.82, 2.24) is 9.97 Å². The van der Waals surface area contributed by atoms with Gasteiger partial charge in [0.05, 0.1) is 5.69 Å². The number of hydrogen-bond acceptors (Lipinski definition) is 2. The van der Waals surface area contributed by atoms with Crippen LogP contribution in [0, 0.1) is 6.92 Å². The van der Waals surface area contributed by atoms with E-state index >= 15 is 0 Å². The zero-order chi connectivity index (χ0) is 9.14. The summed E-state index contributed by atoms with van der Waals surface area (Å²) in [7, 11) is 0. The van der Waals surface area contributed by atoms with Gasteiger partial charge in [-0.2, -0.15) is 4.98 Å². The number of hydrogen-bond donors (Lipinski definition) is 1. The summed E-state index contributed by atoms with van der Waals surface area (Å²) in [6, 6.07) is 0. The first-order chi connectivity index (χ1) is 5.69. The third kappa shape index (κ3) is 1.34. The Morgan fingerprint density at radius 3 is 2.58 bits per heavy atom. The van der Waals surface area contributed by atoms with Crippen LogP contribution in [0.15, 0.2) is 18.0 Å². The fourth-order valence-electron chi connectivity index (χ4n) is 1.03. The van der Waals surface area contributed by atoms with Gasteiger partial charge >= 0.3 is 5.69 Å². The van der Waals surface area contributed by atoms with Crippen LogP contribution in [0.25, 0.3) is 12.2 Å². The summed E-state index contributed by atoms with van der Waals surface area (Å²) in [6.07, 6.45) is 3.19. The monoisotopic (exact) mass is 162 g/mol. The number of H-pyrrole nitrogens is 1. The highest BCUT2D eigenvalue weighted by Gasteiger charge is 2.01. The van der Waals surface area contributed by atoms with Crippen LogP contribution in [0.3, 0.4) is 0 Å². The molecule has 1 N–H and O–H groups in total. The Morgan fingerprint density at radius 1 is 1.42 bits per heavy atom. The van der Waals surface area contributed by atoms with Crippen molar-refractivity contribution in [3.63, 3.8) is 0 Å². The first-order valence-corrected chi connectivity index (χ1v) is 3.55. The first kappa shape index (κ1) is 8.46. The molecule has 3 nitrogen and oxygen atoms in total. The zero-order valence-corrected chi connectivity index (χ0v) is 6.92. The maximum absolute atomic E-state index is 10.9. The molecular weight excluding hydrogens is 152 g/mol. The molecule has 0 aliphatic carbocycles. The number of aryl methyl sites for hydroxylation is 1. The summed E-state index contributed by atoms with van der Waals surface area (Å²) in [6.45, 7) is 8.98. The maximum atomic E-state index is 10.9. The van der Waals surface area contributed by atoms with Crippen molar-refractivity contribution < 1.29 is 0 Å². The third-order valence-electron chi connectivity index (χ3n) is 1.59. The van der Waals surface area contributed by atoms with E-state index in [1.54, 1.807) is 19.1 Å². The summed E-state index contributed by atoms with van der Waals surface area (Å²) in [4.78, 5) is 17.2. The van der Waals surface area contributed by atoms with Crippen molar-refractivity contribution in [2.24, 2.45) is 0 Å². The van der Waals surface area contributed by atoms with E-state index in [1.807, 2.05) is 0 Å². The van der Waals surface area contributed by atoms with E-state index in [-0.39, 0.29) is 5.69 Å². The van der Waals surface area contributed by atoms with Crippen LogP contribution in [0.5, 0.6) is 0 Å². The van der Waals surface area contributed by atoms with Gasteiger partial charge in [-0.05, 0) is 13.0 Å². The average Bonchev–Trinajstić information content (AvgIpc) is 2.03. The second kappa shape index (κ2) is 3.17. The molecule has 0 saturated carbocycles. The molecular formula is C9H10N2O. The van der Waals surface area contributed by atoms with Crippen LogP contribution < -0.4 is 5.69 Å². The van der Waals surface area contributed by atoms with Gasteiger partial charge in [0, 0.05) is 11.3 Å². The molecule has 62 valence electrons. The molecule has 0 spiro atoms. The van der Waals surface area contributed by atoms with Gasteiger partial charge in [0.25, 0.3) is 0 Å². The quantitative estimate of drug-likeness (QED) is 0.713. The van der Waals surface area contributed by atoms with Gasteiger partial charge < -0.3 is 4.98 Å². The molecule has 0 unspecified atom stereocenters. The normalized spacial score (nSPS) is 9.42. The highest BCUT2D eigenvalue weighted by molar-refractivity contribution is 5.61. The SMILES string of the molecule is C=Cc1nc(=O)[nH]c(C)c1C=C. The Morgan fingerprint density at radius 2 is 2.08 bits per heavy atom. The van der Waals surface area contributed by atoms with Gasteiger partial charge in [-0.3, -0.25) is 0 Å². The minimum atomic E-state index is -0.354. The molecule has 0 aliphatic heterocycles. The number of nitrogens with one attached hydrogen (secondary N) is 1. The van der Waals surface area contributed by atoms with E-state index in [2.05, 4.69) is 23.1 Å². The molecule has 1 aromatic rings. The van der Waals surface area contributed by atoms with Crippen molar-refractivity contribution in [3.8, 4) is 0 Å². The van der Waals surface area contributed by atoms with Gasteiger partial charge in [-0.1, -0.05) is 19.2 Å². The number of aromatic amines is 1. The lowest BCUT2D eigenvalue weighted by molar-refractivity contribution is 1.01. The molecule has 0 atom stereocenters. The minimum Gasteiger partial charge on any atom is -0.309 e. The Balaban J connectivity index is 3.53. The molecule has 0 saturated heterocycles. The van der Waals surface area contributed by atoms with Gasteiger partial charge in [-0.15, -0.1) is 0 Å². The fraction of sp³-hybridized carbons (Fsp3) is 0.111. The van der Waals surface area contributed by atoms with Gasteiger partial charge in [0.1, 0.15) is 0 Å². The molecule has 0 bridgehead atoms. The highest BCUT2D eigenvalue weighted by Crippen LogP contribution is 2.09. The van der Waals surface area contributed by atoms with E-state index in [0.717, 1.165) is 11.3 Å². The summed E-state index contributed by atoms with van der Waals surface area (Å²) >= 11 is 0. The van der Waals surface area contributed by atoms with Gasteiger partial charge in [0.2, 0.25) is 0 Å². The van der Waals surface area contributed by atoms with Crippen molar-refractivity contribution in [2.75, 3.05) is 0 Å². The summed E-state index contributed by atoms with van der Waals surface area (Å²) < 4.78 is 0. The lowest BCUT2D eigenvalue weighted by Crippen LogP contribution is -2.14. The van der Waals surface area contributed by atoms with Crippen molar-refractivity contribution >= 4 is 12.2 Å². The maximum Gasteiger partial charge on any atom is 0.345 e. The lowest BCUT2D eigenvalue weighted by atomic mass is 10.1. The first-order valence-electron chi connectivity index (χ1n) is 3.55. The Hall–Kier alpha value is -1.64. The smallest absolute Gasteiger partial charge is 0.309 e. The third-order valence-corrected chi connectivity index (χ3v) is 1.59. The molecule has 12 heavy (non-hydrogen) atoms. The predicted octanol–water partition coefficient (Wildman–Crippen LogP) is 1.36. The number of nitrogens with zero attached hydrogens (tertiary/aromatic N) is 1. The second-order valence-corrected chi connectivity index (χ2v) is 2.37. The summed E-state index contributed by atoms with van der Waals surface area (Å²) in [5, 5.41) is 0. The molecule has 1 rings (SSSR count). The number of aromatic nitrogens is 2. The fourth-order valence-corrected chi connectivity index (χ4v) is 1.03. The average molecular weight is 162 g/mol. The van der Waals surface area contributed by atoms with E-state index < -0.39 is 0 Å². The molecule has 3 heteroatoms. The van der Waals surface area contributed by atoms with Crippen LogP contribution in [0.1, 0.15) is 17.0 Å². The number of rotatable bonds is 2. The molecule has 0 radical (unpaired) electrons. The molecule has 0 amide bonds. The highest BCUT2D eigenvalue weighted by atomic mass is 16.1. The van der Waals surface area contributed by atoms with E-state index in [1.165, 1.54) is 0 Å². The second-order valence-electron chi connectivity index (χ2n) is 2.37. The molecule has 1 heterocycles. The summed E-state index contributed by atoms with van der Waals surface area (Å²) in [5.41, 5.74) is 1.81. The van der Waals surface area contributed by atoms with E-state index in [4.69, 9.17) is 0 Å². The van der Waals surface area contributed by atoms with E-state index in [9.17, 15) is 4.79 Å². The Bertz CT molecular complexity index is 377. The molecule has 0 aliphatic rings. The topological polar surface area (TPSA) is 45.8 Å². The van der Waals surface area contributed by atoms with Crippen LogP contribution in [0.4, 0.5) is 0 Å². The zero-order valence-electron chi connectivity index (χ0n) is 6.92. The van der Waals surface area contributed by atoms with Crippen LogP contribution in [0.2, 0.25) is 0 Å². The molecule has 0 aromatic carbocycles. The van der Waals surface area contributed by atoms with Crippen LogP contribution in [-0.4, -0.2) is 9.97 Å². The lowest BCUT2D eigenvalue weighted by Gasteiger charge is -2.01.